The lowest BCUT2D eigenvalue weighted by molar-refractivity contribution is -0.870. The van der Waals surface area contributed by atoms with Crippen molar-refractivity contribution in [2.45, 2.75) is 341 Å². The highest BCUT2D eigenvalue weighted by atomic mass is 31.2. The van der Waals surface area contributed by atoms with Crippen molar-refractivity contribution < 1.29 is 37.3 Å². The van der Waals surface area contributed by atoms with E-state index in [9.17, 15) is 19.0 Å². The van der Waals surface area contributed by atoms with Crippen molar-refractivity contribution in [3.63, 3.8) is 0 Å². The van der Waals surface area contributed by atoms with E-state index in [0.717, 1.165) is 57.8 Å². The summed E-state index contributed by atoms with van der Waals surface area (Å²) in [6.45, 7) is 6.90. The predicted octanol–water partition coefficient (Wildman–Crippen LogP) is 18.9. The van der Waals surface area contributed by atoms with E-state index in [0.29, 0.717) is 17.4 Å². The molecule has 0 aromatic carbocycles. The van der Waals surface area contributed by atoms with Crippen LogP contribution in [0.3, 0.4) is 0 Å². The van der Waals surface area contributed by atoms with Crippen molar-refractivity contribution in [1.29, 1.82) is 0 Å². The maximum atomic E-state index is 13.5. The molecule has 0 radical (unpaired) electrons. The van der Waals surface area contributed by atoms with Crippen molar-refractivity contribution in [3.8, 4) is 0 Å². The molecule has 0 bridgehead atoms. The van der Waals surface area contributed by atoms with Gasteiger partial charge in [-0.3, -0.25) is 14.2 Å². The van der Waals surface area contributed by atoms with Crippen LogP contribution >= 0.6 is 7.82 Å². The first-order chi connectivity index (χ1) is 35.4. The summed E-state index contributed by atoms with van der Waals surface area (Å²) in [4.78, 5) is 40.0. The van der Waals surface area contributed by atoms with Crippen molar-refractivity contribution in [3.05, 3.63) is 12.2 Å². The molecule has 1 N–H and O–H groups in total. The van der Waals surface area contributed by atoms with Gasteiger partial charge in [0, 0.05) is 12.8 Å². The smallest absolute Gasteiger partial charge is 0.306 e. The Balaban J connectivity index is 5.15. The lowest BCUT2D eigenvalue weighted by Gasteiger charge is -2.30. The van der Waals surface area contributed by atoms with Gasteiger partial charge < -0.3 is 28.5 Å². The van der Waals surface area contributed by atoms with Crippen LogP contribution in [-0.4, -0.2) is 69.4 Å². The number of unbranched alkanes of at least 4 members (excludes halogenated alkanes) is 43. The highest BCUT2D eigenvalue weighted by Gasteiger charge is 2.27. The molecule has 434 valence electrons. The van der Waals surface area contributed by atoms with Gasteiger partial charge in [0.25, 0.3) is 7.82 Å². The van der Waals surface area contributed by atoms with Crippen LogP contribution in [0.5, 0.6) is 0 Å². The fraction of sp³-hybridized carbons (Fsp3) is 0.937. The van der Waals surface area contributed by atoms with E-state index in [1.165, 1.54) is 238 Å². The summed E-state index contributed by atoms with van der Waals surface area (Å²) in [6, 6.07) is -0.879. The lowest BCUT2D eigenvalue weighted by atomic mass is 10.0. The molecule has 0 aliphatic carbocycles. The van der Waals surface area contributed by atoms with E-state index >= 15 is 0 Å². The number of nitrogens with zero attached hydrogens (tertiary/aromatic N) is 1. The van der Waals surface area contributed by atoms with Gasteiger partial charge >= 0.3 is 5.97 Å². The molecule has 0 spiro atoms. The maximum Gasteiger partial charge on any atom is 0.306 e. The van der Waals surface area contributed by atoms with Crippen LogP contribution in [0.15, 0.2) is 12.2 Å². The van der Waals surface area contributed by atoms with E-state index in [1.54, 1.807) is 0 Å². The van der Waals surface area contributed by atoms with Crippen LogP contribution in [-0.2, 0) is 27.9 Å². The zero-order valence-corrected chi connectivity index (χ0v) is 50.5. The number of esters is 1. The third kappa shape index (κ3) is 55.3. The van der Waals surface area contributed by atoms with Gasteiger partial charge in [-0.25, -0.2) is 0 Å². The average Bonchev–Trinajstić information content (AvgIpc) is 3.35. The highest BCUT2D eigenvalue weighted by molar-refractivity contribution is 7.45. The number of carbonyl (C=O) groups excluding carboxylic acids is 2. The first kappa shape index (κ1) is 71.8. The Bertz CT molecular complexity index is 1260. The molecule has 0 heterocycles. The van der Waals surface area contributed by atoms with E-state index in [2.05, 4.69) is 26.1 Å². The quantitative estimate of drug-likeness (QED) is 0.0212. The van der Waals surface area contributed by atoms with Crippen molar-refractivity contribution in [2.75, 3.05) is 40.9 Å². The van der Waals surface area contributed by atoms with Gasteiger partial charge in [0.05, 0.1) is 33.8 Å². The Morgan fingerprint density at radius 2 is 0.781 bits per heavy atom. The molecule has 3 atom stereocenters. The predicted molar refractivity (Wildman–Crippen MR) is 312 cm³/mol. The number of carbonyl (C=O) groups is 2. The second kappa shape index (κ2) is 54.1. The van der Waals surface area contributed by atoms with Crippen LogP contribution in [0.1, 0.15) is 329 Å². The monoisotopic (exact) mass is 1050 g/mol. The summed E-state index contributed by atoms with van der Waals surface area (Å²) in [5.74, 6) is -0.519. The zero-order valence-electron chi connectivity index (χ0n) is 49.6. The summed E-state index contributed by atoms with van der Waals surface area (Å²) >= 11 is 0. The van der Waals surface area contributed by atoms with Crippen LogP contribution < -0.4 is 10.2 Å². The molecule has 0 aromatic heterocycles. The van der Waals surface area contributed by atoms with Crippen LogP contribution in [0.2, 0.25) is 0 Å². The molecule has 73 heavy (non-hydrogen) atoms. The molecule has 10 heteroatoms. The molecular weight excluding hydrogens is 928 g/mol. The first-order valence-corrected chi connectivity index (χ1v) is 33.5. The minimum Gasteiger partial charge on any atom is -0.756 e. The van der Waals surface area contributed by atoms with Crippen LogP contribution in [0, 0.1) is 0 Å². The number of amides is 1. The Hall–Kier alpha value is -1.25. The molecule has 0 rings (SSSR count). The Morgan fingerprint density at radius 1 is 0.466 bits per heavy atom. The molecule has 9 nitrogen and oxygen atoms in total. The molecule has 0 aliphatic rings. The molecule has 0 fully saturated rings. The van der Waals surface area contributed by atoms with Gasteiger partial charge in [0.15, 0.2) is 0 Å². The van der Waals surface area contributed by atoms with Gasteiger partial charge in [-0.05, 0) is 31.8 Å². The van der Waals surface area contributed by atoms with Gasteiger partial charge in [-0.2, -0.15) is 0 Å². The number of quaternary nitrogens is 1. The van der Waals surface area contributed by atoms with Crippen LogP contribution in [0.4, 0.5) is 0 Å². The molecule has 0 aromatic rings. The highest BCUT2D eigenvalue weighted by Crippen LogP contribution is 2.38. The summed E-state index contributed by atoms with van der Waals surface area (Å²) < 4.78 is 30.3. The van der Waals surface area contributed by atoms with Crippen LogP contribution in [0.25, 0.3) is 0 Å². The van der Waals surface area contributed by atoms with Gasteiger partial charge in [0.2, 0.25) is 5.91 Å². The number of rotatable bonds is 59. The number of hydrogen-bond acceptors (Lipinski definition) is 7. The maximum absolute atomic E-state index is 13.5. The van der Waals surface area contributed by atoms with Crippen molar-refractivity contribution in [1.82, 2.24) is 5.32 Å². The van der Waals surface area contributed by atoms with E-state index < -0.39 is 20.0 Å². The van der Waals surface area contributed by atoms with Gasteiger partial charge in [-0.15, -0.1) is 0 Å². The molecule has 3 unspecified atom stereocenters. The molecule has 0 aliphatic heterocycles. The summed E-state index contributed by atoms with van der Waals surface area (Å²) in [7, 11) is 1.21. The fourth-order valence-corrected chi connectivity index (χ4v) is 10.5. The lowest BCUT2D eigenvalue weighted by Crippen LogP contribution is -2.47. The summed E-state index contributed by atoms with van der Waals surface area (Å²) in [5, 5.41) is 3.04. The Morgan fingerprint density at radius 3 is 1.12 bits per heavy atom. The van der Waals surface area contributed by atoms with Gasteiger partial charge in [0.1, 0.15) is 19.3 Å². The number of allylic oxidation sites excluding steroid dienone is 1. The number of hydrogen-bond donors (Lipinski definition) is 1. The number of nitrogens with one attached hydrogen (secondary N) is 1. The third-order valence-corrected chi connectivity index (χ3v) is 15.7. The number of likely N-dealkylation sites (N-methyl/N-ethyl adjacent to an activating group) is 1. The molecular formula is C63H125N2O7P. The largest absolute Gasteiger partial charge is 0.756 e. The van der Waals surface area contributed by atoms with Gasteiger partial charge in [-0.1, -0.05) is 297 Å². The number of ether oxygens (including phenoxy) is 1. The third-order valence-electron chi connectivity index (χ3n) is 14.7. The second-order valence-electron chi connectivity index (χ2n) is 23.3. The van der Waals surface area contributed by atoms with Crippen molar-refractivity contribution >= 4 is 19.7 Å². The average molecular weight is 1050 g/mol. The second-order valence-corrected chi connectivity index (χ2v) is 24.7. The Kier molecular flexibility index (Phi) is 53.2. The standard InChI is InChI=1S/C63H125N2O7P/c1-7-10-13-16-19-22-25-28-29-30-31-32-33-34-35-38-40-43-46-49-52-55-62(66)64-60(59-71-73(68,69)70-58-57-65(4,5)6)61(54-51-48-45-42-39-36-26-23-20-17-14-11-8-2)72-63(67)56-53-50-47-44-41-37-27-24-21-18-15-12-9-3/h51,54,60-61H,7-50,52-53,55-59H2,1-6H3,(H-,64,66,68,69)/b54-51+. The summed E-state index contributed by atoms with van der Waals surface area (Å²) in [5.41, 5.74) is 0. The van der Waals surface area contributed by atoms with E-state index in [4.69, 9.17) is 13.8 Å². The van der Waals surface area contributed by atoms with E-state index in [1.807, 2.05) is 33.3 Å². The topological polar surface area (TPSA) is 114 Å². The summed E-state index contributed by atoms with van der Waals surface area (Å²) in [6.07, 6.45) is 61.7. The minimum atomic E-state index is -4.69. The molecule has 0 saturated carbocycles. The SMILES string of the molecule is CCCCCCCCCCCCC/C=C/C(OC(=O)CCCCCCCCCCCCCCC)C(COP(=O)([O-])OCC[N+](C)(C)C)NC(=O)CCCCCCCCCCCCCCCCCCCCCCC. The fourth-order valence-electron chi connectivity index (χ4n) is 9.76. The normalized spacial score (nSPS) is 13.7. The van der Waals surface area contributed by atoms with E-state index in [-0.39, 0.29) is 31.5 Å². The Labute approximate surface area is 454 Å². The van der Waals surface area contributed by atoms with Crippen molar-refractivity contribution in [2.24, 2.45) is 0 Å². The zero-order chi connectivity index (χ0) is 53.6. The number of phosphoric ester groups is 1. The first-order valence-electron chi connectivity index (χ1n) is 32.0. The molecule has 1 amide bonds. The number of phosphoric acid groups is 1. The minimum absolute atomic E-state index is 0.0167. The molecule has 0 saturated heterocycles.